The third-order valence-corrected chi connectivity index (χ3v) is 2.09. The summed E-state index contributed by atoms with van der Waals surface area (Å²) in [7, 11) is 0. The predicted octanol–water partition coefficient (Wildman–Crippen LogP) is 2.62. The van der Waals surface area contributed by atoms with E-state index in [-0.39, 0.29) is 5.82 Å². The monoisotopic (exact) mass is 200 g/mol. The van der Waals surface area contributed by atoms with Gasteiger partial charge in [-0.3, -0.25) is 0 Å². The van der Waals surface area contributed by atoms with Crippen molar-refractivity contribution in [2.24, 2.45) is 4.99 Å². The number of aromatic nitrogens is 1. The lowest BCUT2D eigenvalue weighted by Gasteiger charge is -1.94. The number of carbonyl (C=O) groups excluding carboxylic acids is 1. The molecular formula is C11H8N2O2. The molecule has 4 nitrogen and oxygen atoms in total. The van der Waals surface area contributed by atoms with Gasteiger partial charge in [0.25, 0.3) is 0 Å². The lowest BCUT2D eigenvalue weighted by molar-refractivity contribution is 0.434. The molecular weight excluding hydrogens is 192 g/mol. The van der Waals surface area contributed by atoms with Crippen molar-refractivity contribution in [1.82, 2.24) is 5.16 Å². The van der Waals surface area contributed by atoms with E-state index in [1.165, 1.54) is 6.08 Å². The Balaban J connectivity index is 2.51. The van der Waals surface area contributed by atoms with Crippen LogP contribution in [0.25, 0.3) is 11.3 Å². The lowest BCUT2D eigenvalue weighted by Crippen LogP contribution is -1.75. The van der Waals surface area contributed by atoms with Crippen LogP contribution in [0.4, 0.5) is 5.82 Å². The molecule has 0 fully saturated rings. The van der Waals surface area contributed by atoms with Crippen molar-refractivity contribution in [3.63, 3.8) is 0 Å². The van der Waals surface area contributed by atoms with Crippen LogP contribution in [0.2, 0.25) is 0 Å². The maximum absolute atomic E-state index is 10.1. The molecule has 0 unspecified atom stereocenters. The highest BCUT2D eigenvalue weighted by Gasteiger charge is 2.12. The quantitative estimate of drug-likeness (QED) is 0.553. The average Bonchev–Trinajstić information content (AvgIpc) is 2.63. The molecule has 0 aliphatic rings. The van der Waals surface area contributed by atoms with Crippen LogP contribution < -0.4 is 0 Å². The van der Waals surface area contributed by atoms with Crippen LogP contribution in [0.1, 0.15) is 5.56 Å². The third-order valence-electron chi connectivity index (χ3n) is 2.09. The van der Waals surface area contributed by atoms with E-state index in [1.807, 2.05) is 30.3 Å². The molecule has 1 heterocycles. The second kappa shape index (κ2) is 3.90. The number of aliphatic imine (C=N–C) groups is 1. The Morgan fingerprint density at radius 1 is 1.33 bits per heavy atom. The summed E-state index contributed by atoms with van der Waals surface area (Å²) in [6.07, 6.45) is 1.44. The number of benzene rings is 1. The SMILES string of the molecule is Cc1c(N=C=O)noc1-c1ccccc1. The van der Waals surface area contributed by atoms with Gasteiger partial charge in [0.2, 0.25) is 11.9 Å². The number of hydrogen-bond acceptors (Lipinski definition) is 4. The Morgan fingerprint density at radius 3 is 2.73 bits per heavy atom. The maximum atomic E-state index is 10.1. The first-order chi connectivity index (χ1) is 7.33. The second-order valence-corrected chi connectivity index (χ2v) is 3.03. The molecule has 74 valence electrons. The molecule has 0 aliphatic carbocycles. The highest BCUT2D eigenvalue weighted by Crippen LogP contribution is 2.29. The molecule has 0 saturated heterocycles. The van der Waals surface area contributed by atoms with Crippen molar-refractivity contribution in [2.45, 2.75) is 6.92 Å². The third kappa shape index (κ3) is 1.71. The van der Waals surface area contributed by atoms with E-state index in [4.69, 9.17) is 4.52 Å². The van der Waals surface area contributed by atoms with Gasteiger partial charge >= 0.3 is 0 Å². The second-order valence-electron chi connectivity index (χ2n) is 3.03. The van der Waals surface area contributed by atoms with Crippen LogP contribution in [0.5, 0.6) is 0 Å². The summed E-state index contributed by atoms with van der Waals surface area (Å²) < 4.78 is 5.11. The first kappa shape index (κ1) is 9.37. The molecule has 4 heteroatoms. The highest BCUT2D eigenvalue weighted by atomic mass is 16.5. The summed E-state index contributed by atoms with van der Waals surface area (Å²) in [5.74, 6) is 0.911. The molecule has 15 heavy (non-hydrogen) atoms. The maximum Gasteiger partial charge on any atom is 0.242 e. The van der Waals surface area contributed by atoms with E-state index in [0.29, 0.717) is 5.76 Å². The van der Waals surface area contributed by atoms with Crippen LogP contribution in [0.3, 0.4) is 0 Å². The Bertz CT molecular complexity index is 511. The molecule has 2 rings (SSSR count). The summed E-state index contributed by atoms with van der Waals surface area (Å²) in [4.78, 5) is 13.5. The Hall–Kier alpha value is -2.19. The molecule has 0 amide bonds. The van der Waals surface area contributed by atoms with E-state index in [1.54, 1.807) is 6.92 Å². The largest absolute Gasteiger partial charge is 0.354 e. The fraction of sp³-hybridized carbons (Fsp3) is 0.0909. The van der Waals surface area contributed by atoms with Crippen LogP contribution in [0, 0.1) is 6.92 Å². The molecule has 1 aromatic carbocycles. The summed E-state index contributed by atoms with van der Waals surface area (Å²) in [5, 5.41) is 3.68. The van der Waals surface area contributed by atoms with Gasteiger partial charge in [0.05, 0.1) is 0 Å². The topological polar surface area (TPSA) is 55.5 Å². The summed E-state index contributed by atoms with van der Waals surface area (Å²) in [5.41, 5.74) is 1.65. The van der Waals surface area contributed by atoms with Gasteiger partial charge in [0.1, 0.15) is 0 Å². The molecule has 0 radical (unpaired) electrons. The van der Waals surface area contributed by atoms with Crippen molar-refractivity contribution >= 4 is 11.9 Å². The number of rotatable bonds is 2. The van der Waals surface area contributed by atoms with E-state index >= 15 is 0 Å². The van der Waals surface area contributed by atoms with Crippen LogP contribution >= 0.6 is 0 Å². The summed E-state index contributed by atoms with van der Waals surface area (Å²) in [6.45, 7) is 1.80. The van der Waals surface area contributed by atoms with E-state index < -0.39 is 0 Å². The first-order valence-corrected chi connectivity index (χ1v) is 4.42. The fourth-order valence-electron chi connectivity index (χ4n) is 1.33. The zero-order chi connectivity index (χ0) is 10.7. The van der Waals surface area contributed by atoms with Crippen molar-refractivity contribution in [3.05, 3.63) is 35.9 Å². The molecule has 1 aromatic heterocycles. The van der Waals surface area contributed by atoms with Gasteiger partial charge in [0, 0.05) is 11.1 Å². The zero-order valence-corrected chi connectivity index (χ0v) is 8.10. The van der Waals surface area contributed by atoms with Crippen LogP contribution in [-0.4, -0.2) is 11.2 Å². The Labute approximate surface area is 86.2 Å². The molecule has 0 spiro atoms. The molecule has 2 aromatic rings. The molecule has 0 saturated carbocycles. The zero-order valence-electron chi connectivity index (χ0n) is 8.10. The smallest absolute Gasteiger partial charge is 0.242 e. The van der Waals surface area contributed by atoms with Crippen molar-refractivity contribution in [1.29, 1.82) is 0 Å². The number of nitrogens with zero attached hydrogens (tertiary/aromatic N) is 2. The number of isocyanates is 1. The summed E-state index contributed by atoms with van der Waals surface area (Å²) >= 11 is 0. The van der Waals surface area contributed by atoms with Gasteiger partial charge in [-0.2, -0.15) is 0 Å². The van der Waals surface area contributed by atoms with Gasteiger partial charge in [-0.25, -0.2) is 4.79 Å². The number of hydrogen-bond donors (Lipinski definition) is 0. The van der Waals surface area contributed by atoms with Crippen LogP contribution in [-0.2, 0) is 4.79 Å². The molecule has 0 bridgehead atoms. The van der Waals surface area contributed by atoms with Crippen molar-refractivity contribution in [2.75, 3.05) is 0 Å². The molecule has 0 aliphatic heterocycles. The van der Waals surface area contributed by atoms with Crippen molar-refractivity contribution < 1.29 is 9.32 Å². The van der Waals surface area contributed by atoms with E-state index in [2.05, 4.69) is 10.1 Å². The van der Waals surface area contributed by atoms with Gasteiger partial charge in [-0.05, 0) is 6.92 Å². The standard InChI is InChI=1S/C11H8N2O2/c1-8-10(9-5-3-2-4-6-9)15-13-11(8)12-7-14/h2-6H,1H3. The highest BCUT2D eigenvalue weighted by molar-refractivity contribution is 5.66. The summed E-state index contributed by atoms with van der Waals surface area (Å²) in [6, 6.07) is 9.53. The van der Waals surface area contributed by atoms with Gasteiger partial charge in [-0.15, -0.1) is 4.99 Å². The molecule has 0 N–H and O–H groups in total. The van der Waals surface area contributed by atoms with E-state index in [9.17, 15) is 4.79 Å². The Morgan fingerprint density at radius 2 is 2.07 bits per heavy atom. The normalized spacial score (nSPS) is 9.67. The lowest BCUT2D eigenvalue weighted by atomic mass is 10.1. The van der Waals surface area contributed by atoms with Crippen molar-refractivity contribution in [3.8, 4) is 11.3 Å². The van der Waals surface area contributed by atoms with Gasteiger partial charge in [-0.1, -0.05) is 35.5 Å². The minimum atomic E-state index is 0.281. The predicted molar refractivity (Wildman–Crippen MR) is 54.5 cm³/mol. The fourth-order valence-corrected chi connectivity index (χ4v) is 1.33. The minimum absolute atomic E-state index is 0.281. The first-order valence-electron chi connectivity index (χ1n) is 4.42. The van der Waals surface area contributed by atoms with Gasteiger partial charge in [0.15, 0.2) is 5.76 Å². The van der Waals surface area contributed by atoms with Gasteiger partial charge < -0.3 is 4.52 Å². The molecule has 0 atom stereocenters. The Kier molecular flexibility index (Phi) is 2.44. The minimum Gasteiger partial charge on any atom is -0.354 e. The average molecular weight is 200 g/mol. The van der Waals surface area contributed by atoms with E-state index in [0.717, 1.165) is 11.1 Å². The van der Waals surface area contributed by atoms with Crippen LogP contribution in [0.15, 0.2) is 39.8 Å².